The van der Waals surface area contributed by atoms with Gasteiger partial charge < -0.3 is 5.32 Å². The van der Waals surface area contributed by atoms with Gasteiger partial charge in [0.05, 0.1) is 15.7 Å². The average molecular weight is 321 g/mol. The van der Waals surface area contributed by atoms with E-state index in [1.807, 2.05) is 0 Å². The number of hydrogen-bond acceptors (Lipinski definition) is 2. The summed E-state index contributed by atoms with van der Waals surface area (Å²) in [5.41, 5.74) is 0.370. The van der Waals surface area contributed by atoms with Crippen LogP contribution in [0, 0.1) is 5.92 Å². The molecule has 0 atom stereocenters. The molecular weight excluding hydrogens is 309 g/mol. The number of ketones is 1. The minimum atomic E-state index is -0.166. The molecule has 0 saturated heterocycles. The van der Waals surface area contributed by atoms with Crippen LogP contribution >= 0.6 is 34.8 Å². The van der Waals surface area contributed by atoms with Crippen LogP contribution in [-0.4, -0.2) is 11.7 Å². The SMILES string of the molecule is O=C1CCC(C(=O)Nc2c(Cl)cc(Cl)cc2Cl)CC1. The Morgan fingerprint density at radius 3 is 2.16 bits per heavy atom. The van der Waals surface area contributed by atoms with Crippen molar-refractivity contribution in [1.29, 1.82) is 0 Å². The first-order chi connectivity index (χ1) is 8.97. The van der Waals surface area contributed by atoms with Crippen LogP contribution in [0.1, 0.15) is 25.7 Å². The number of nitrogens with one attached hydrogen (secondary N) is 1. The fourth-order valence-corrected chi connectivity index (χ4v) is 3.00. The van der Waals surface area contributed by atoms with E-state index < -0.39 is 0 Å². The molecule has 2 rings (SSSR count). The third-order valence-corrected chi connectivity index (χ3v) is 3.98. The van der Waals surface area contributed by atoms with Crippen molar-refractivity contribution in [3.05, 3.63) is 27.2 Å². The van der Waals surface area contributed by atoms with E-state index in [-0.39, 0.29) is 17.6 Å². The maximum absolute atomic E-state index is 12.1. The number of anilines is 1. The molecule has 1 amide bonds. The molecule has 1 aromatic rings. The molecule has 0 unspecified atom stereocenters. The van der Waals surface area contributed by atoms with Crippen LogP contribution in [0.5, 0.6) is 0 Å². The van der Waals surface area contributed by atoms with E-state index >= 15 is 0 Å². The summed E-state index contributed by atoms with van der Waals surface area (Å²) in [4.78, 5) is 23.2. The van der Waals surface area contributed by atoms with Crippen molar-refractivity contribution in [2.45, 2.75) is 25.7 Å². The summed E-state index contributed by atoms with van der Waals surface area (Å²) in [6.45, 7) is 0. The fraction of sp³-hybridized carbons (Fsp3) is 0.385. The van der Waals surface area contributed by atoms with Crippen LogP contribution < -0.4 is 5.32 Å². The van der Waals surface area contributed by atoms with Crippen LogP contribution in [0.25, 0.3) is 0 Å². The van der Waals surface area contributed by atoms with E-state index in [4.69, 9.17) is 34.8 Å². The lowest BCUT2D eigenvalue weighted by atomic mass is 9.88. The first-order valence-corrected chi connectivity index (χ1v) is 7.08. The van der Waals surface area contributed by atoms with Crippen LogP contribution in [-0.2, 0) is 9.59 Å². The molecule has 0 aromatic heterocycles. The second kappa shape index (κ2) is 6.12. The van der Waals surface area contributed by atoms with E-state index in [1.54, 1.807) is 0 Å². The minimum absolute atomic E-state index is 0.154. The van der Waals surface area contributed by atoms with Gasteiger partial charge in [-0.25, -0.2) is 0 Å². The molecular formula is C13H12Cl3NO2. The molecule has 0 spiro atoms. The van der Waals surface area contributed by atoms with Crippen molar-refractivity contribution in [3.63, 3.8) is 0 Å². The second-order valence-electron chi connectivity index (χ2n) is 4.55. The number of halogens is 3. The maximum Gasteiger partial charge on any atom is 0.227 e. The third-order valence-electron chi connectivity index (χ3n) is 3.17. The molecule has 1 aliphatic rings. The summed E-state index contributed by atoms with van der Waals surface area (Å²) in [5.74, 6) is -0.106. The highest BCUT2D eigenvalue weighted by molar-refractivity contribution is 6.42. The lowest BCUT2D eigenvalue weighted by Gasteiger charge is -2.20. The minimum Gasteiger partial charge on any atom is -0.323 e. The zero-order chi connectivity index (χ0) is 14.0. The number of amides is 1. The molecule has 3 nitrogen and oxygen atoms in total. The predicted molar refractivity (Wildman–Crippen MR) is 77.1 cm³/mol. The van der Waals surface area contributed by atoms with Crippen LogP contribution in [0.2, 0.25) is 15.1 Å². The lowest BCUT2D eigenvalue weighted by molar-refractivity contribution is -0.125. The Kier molecular flexibility index (Phi) is 4.71. The highest BCUT2D eigenvalue weighted by Crippen LogP contribution is 2.34. The number of carbonyl (C=O) groups excluding carboxylic acids is 2. The van der Waals surface area contributed by atoms with Crippen molar-refractivity contribution in [2.75, 3.05) is 5.32 Å². The number of rotatable bonds is 2. The third kappa shape index (κ3) is 3.62. The normalized spacial score (nSPS) is 16.5. The van der Waals surface area contributed by atoms with Crippen molar-refractivity contribution in [3.8, 4) is 0 Å². The molecule has 0 aliphatic heterocycles. The summed E-state index contributed by atoms with van der Waals surface area (Å²) in [6.07, 6.45) is 2.07. The standard InChI is InChI=1S/C13H12Cl3NO2/c14-8-5-10(15)12(11(16)6-8)17-13(19)7-1-3-9(18)4-2-7/h5-7H,1-4H2,(H,17,19). The zero-order valence-electron chi connectivity index (χ0n) is 10.0. The number of benzene rings is 1. The number of carbonyl (C=O) groups is 2. The highest BCUT2D eigenvalue weighted by atomic mass is 35.5. The van der Waals surface area contributed by atoms with Gasteiger partial charge in [-0.2, -0.15) is 0 Å². The van der Waals surface area contributed by atoms with Crippen LogP contribution in [0.15, 0.2) is 12.1 Å². The summed E-state index contributed by atoms with van der Waals surface area (Å²) in [7, 11) is 0. The average Bonchev–Trinajstić information content (AvgIpc) is 2.34. The Hall–Kier alpha value is -0.770. The molecule has 19 heavy (non-hydrogen) atoms. The highest BCUT2D eigenvalue weighted by Gasteiger charge is 2.25. The van der Waals surface area contributed by atoms with Gasteiger partial charge in [-0.3, -0.25) is 9.59 Å². The van der Waals surface area contributed by atoms with Crippen molar-refractivity contribution in [1.82, 2.24) is 0 Å². The number of Topliss-reactive ketones (excluding diaryl/α,β-unsaturated/α-hetero) is 1. The molecule has 0 bridgehead atoms. The van der Waals surface area contributed by atoms with Gasteiger partial charge in [-0.15, -0.1) is 0 Å². The van der Waals surface area contributed by atoms with E-state index in [2.05, 4.69) is 5.32 Å². The summed E-state index contributed by atoms with van der Waals surface area (Å²) >= 11 is 17.8. The van der Waals surface area contributed by atoms with Crippen molar-refractivity contribution < 1.29 is 9.59 Å². The molecule has 1 fully saturated rings. The molecule has 0 radical (unpaired) electrons. The monoisotopic (exact) mass is 319 g/mol. The zero-order valence-corrected chi connectivity index (χ0v) is 12.3. The van der Waals surface area contributed by atoms with Crippen LogP contribution in [0.3, 0.4) is 0 Å². The van der Waals surface area contributed by atoms with Gasteiger partial charge in [0.2, 0.25) is 5.91 Å². The smallest absolute Gasteiger partial charge is 0.227 e. The first-order valence-electron chi connectivity index (χ1n) is 5.94. The van der Waals surface area contributed by atoms with Crippen molar-refractivity contribution >= 4 is 52.2 Å². The Morgan fingerprint density at radius 1 is 1.11 bits per heavy atom. The summed E-state index contributed by atoms with van der Waals surface area (Å²) in [5, 5.41) is 3.74. The summed E-state index contributed by atoms with van der Waals surface area (Å²) < 4.78 is 0. The Balaban J connectivity index is 2.09. The van der Waals surface area contributed by atoms with Gasteiger partial charge in [0.15, 0.2) is 0 Å². The molecule has 1 aromatic carbocycles. The van der Waals surface area contributed by atoms with E-state index in [0.717, 1.165) is 0 Å². The molecule has 1 N–H and O–H groups in total. The Morgan fingerprint density at radius 2 is 1.63 bits per heavy atom. The van der Waals surface area contributed by atoms with Gasteiger partial charge in [-0.05, 0) is 25.0 Å². The topological polar surface area (TPSA) is 46.2 Å². The fourth-order valence-electron chi connectivity index (χ4n) is 2.09. The quantitative estimate of drug-likeness (QED) is 0.881. The predicted octanol–water partition coefficient (Wildman–Crippen LogP) is 4.34. The van der Waals surface area contributed by atoms with Gasteiger partial charge in [0, 0.05) is 23.8 Å². The lowest BCUT2D eigenvalue weighted by Crippen LogP contribution is -2.27. The molecule has 1 aliphatic carbocycles. The van der Waals surface area contributed by atoms with Crippen molar-refractivity contribution in [2.24, 2.45) is 5.92 Å². The summed E-state index contributed by atoms with van der Waals surface area (Å²) in [6, 6.07) is 3.05. The molecule has 102 valence electrons. The Labute approximate surface area is 126 Å². The largest absolute Gasteiger partial charge is 0.323 e. The van der Waals surface area contributed by atoms with Gasteiger partial charge in [-0.1, -0.05) is 34.8 Å². The maximum atomic E-state index is 12.1. The first kappa shape index (κ1) is 14.6. The second-order valence-corrected chi connectivity index (χ2v) is 5.80. The van der Waals surface area contributed by atoms with E-state index in [9.17, 15) is 9.59 Å². The van der Waals surface area contributed by atoms with Gasteiger partial charge >= 0.3 is 0 Å². The van der Waals surface area contributed by atoms with Gasteiger partial charge in [0.25, 0.3) is 0 Å². The van der Waals surface area contributed by atoms with E-state index in [0.29, 0.717) is 46.4 Å². The molecule has 0 heterocycles. The van der Waals surface area contributed by atoms with Gasteiger partial charge in [0.1, 0.15) is 5.78 Å². The molecule has 1 saturated carbocycles. The van der Waals surface area contributed by atoms with E-state index in [1.165, 1.54) is 12.1 Å². The number of hydrogen-bond donors (Lipinski definition) is 1. The van der Waals surface area contributed by atoms with Crippen LogP contribution in [0.4, 0.5) is 5.69 Å². The Bertz CT molecular complexity index is 498. The molecule has 6 heteroatoms.